The molecule has 0 aliphatic carbocycles. The van der Waals surface area contributed by atoms with Crippen LogP contribution in [0.15, 0.2) is 30.3 Å². The van der Waals surface area contributed by atoms with Crippen LogP contribution in [0.4, 0.5) is 5.69 Å². The van der Waals surface area contributed by atoms with Gasteiger partial charge in [-0.2, -0.15) is 0 Å². The predicted octanol–water partition coefficient (Wildman–Crippen LogP) is 2.20. The van der Waals surface area contributed by atoms with E-state index in [1.807, 2.05) is 32.0 Å². The van der Waals surface area contributed by atoms with E-state index in [0.29, 0.717) is 16.3 Å². The fourth-order valence-electron chi connectivity index (χ4n) is 2.85. The van der Waals surface area contributed by atoms with Crippen LogP contribution in [0.1, 0.15) is 33.5 Å². The summed E-state index contributed by atoms with van der Waals surface area (Å²) in [6.45, 7) is 4.15. The summed E-state index contributed by atoms with van der Waals surface area (Å²) in [4.78, 5) is 39.5. The van der Waals surface area contributed by atoms with Gasteiger partial charge in [0, 0.05) is 17.8 Å². The van der Waals surface area contributed by atoms with Gasteiger partial charge in [-0.3, -0.25) is 25.2 Å². The maximum atomic E-state index is 12.2. The quantitative estimate of drug-likeness (QED) is 0.770. The number of benzene rings is 1. The molecular weight excluding hydrogens is 366 g/mol. The lowest BCUT2D eigenvalue weighted by molar-refractivity contribution is -0.122. The smallest absolute Gasteiger partial charge is 0.279 e. The Labute approximate surface area is 161 Å². The Morgan fingerprint density at radius 1 is 1.26 bits per heavy atom. The second-order valence-electron chi connectivity index (χ2n) is 6.12. The van der Waals surface area contributed by atoms with Crippen LogP contribution in [0.3, 0.4) is 0 Å². The molecule has 0 bridgehead atoms. The summed E-state index contributed by atoms with van der Waals surface area (Å²) >= 11 is 1.42. The van der Waals surface area contributed by atoms with E-state index >= 15 is 0 Å². The Hall–Kier alpha value is -2.87. The summed E-state index contributed by atoms with van der Waals surface area (Å²) in [6, 6.07) is 9.00. The number of aryl methyl sites for hydroxylation is 2. The largest absolute Gasteiger partial charge is 0.482 e. The lowest BCUT2D eigenvalue weighted by Gasteiger charge is -2.29. The Morgan fingerprint density at radius 3 is 2.78 bits per heavy atom. The first-order valence-electron chi connectivity index (χ1n) is 8.70. The Bertz CT molecular complexity index is 878. The number of carbonyl (C=O) groups excluding carboxylic acids is 3. The molecule has 2 heterocycles. The summed E-state index contributed by atoms with van der Waals surface area (Å²) in [6.07, 6.45) is 0.926. The van der Waals surface area contributed by atoms with E-state index in [1.54, 1.807) is 12.1 Å². The highest BCUT2D eigenvalue weighted by Crippen LogP contribution is 2.31. The molecule has 1 aromatic heterocycles. The normalized spacial score (nSPS) is 13.0. The molecule has 0 fully saturated rings. The number of hydrogen-bond donors (Lipinski definition) is 2. The summed E-state index contributed by atoms with van der Waals surface area (Å²) in [7, 11) is 0. The number of amides is 3. The molecule has 0 saturated heterocycles. The first-order chi connectivity index (χ1) is 13.0. The van der Waals surface area contributed by atoms with Crippen LogP contribution < -0.4 is 20.5 Å². The molecule has 1 aliphatic rings. The van der Waals surface area contributed by atoms with Crippen LogP contribution >= 0.6 is 11.3 Å². The number of carbonyl (C=O) groups is 3. The molecule has 0 radical (unpaired) electrons. The van der Waals surface area contributed by atoms with Gasteiger partial charge >= 0.3 is 0 Å². The number of hydrogen-bond acceptors (Lipinski definition) is 5. The first-order valence-corrected chi connectivity index (χ1v) is 9.52. The fraction of sp³-hybridized carbons (Fsp3) is 0.316. The van der Waals surface area contributed by atoms with E-state index in [1.165, 1.54) is 16.2 Å². The summed E-state index contributed by atoms with van der Waals surface area (Å²) in [5, 5.41) is 0. The number of rotatable bonds is 5. The van der Waals surface area contributed by atoms with Gasteiger partial charge in [0.05, 0.1) is 10.6 Å². The highest BCUT2D eigenvalue weighted by atomic mass is 32.1. The molecule has 7 nitrogen and oxygen atoms in total. The molecule has 3 amide bonds. The van der Waals surface area contributed by atoms with E-state index < -0.39 is 0 Å². The number of fused-ring (bicyclic) bond motifs is 1. The van der Waals surface area contributed by atoms with Gasteiger partial charge in [0.15, 0.2) is 6.61 Å². The number of thiophene rings is 1. The van der Waals surface area contributed by atoms with Crippen molar-refractivity contribution in [2.45, 2.75) is 26.7 Å². The highest BCUT2D eigenvalue weighted by molar-refractivity contribution is 7.14. The maximum Gasteiger partial charge on any atom is 0.279 e. The third-order valence-electron chi connectivity index (χ3n) is 4.25. The number of nitrogens with zero attached hydrogens (tertiary/aromatic N) is 1. The van der Waals surface area contributed by atoms with Crippen LogP contribution in [0.25, 0.3) is 0 Å². The van der Waals surface area contributed by atoms with Crippen LogP contribution in [0.2, 0.25) is 0 Å². The Balaban J connectivity index is 1.52. The zero-order valence-electron chi connectivity index (χ0n) is 15.2. The number of nitrogens with one attached hydrogen (secondary N) is 2. The molecule has 3 rings (SSSR count). The van der Waals surface area contributed by atoms with E-state index in [4.69, 9.17) is 4.74 Å². The Morgan fingerprint density at radius 2 is 2.04 bits per heavy atom. The minimum absolute atomic E-state index is 0.0488. The number of anilines is 1. The van der Waals surface area contributed by atoms with Crippen LogP contribution in [0, 0.1) is 6.92 Å². The average molecular weight is 387 g/mol. The highest BCUT2D eigenvalue weighted by Gasteiger charge is 2.25. The third kappa shape index (κ3) is 4.28. The van der Waals surface area contributed by atoms with Crippen molar-refractivity contribution in [3.05, 3.63) is 45.6 Å². The second kappa shape index (κ2) is 8.22. The minimum Gasteiger partial charge on any atom is -0.482 e. The standard InChI is InChI=1S/C19H21N3O4S/c1-3-15-12(2)10-16(27-15)19(25)21-20-17(23)8-9-22-13-6-4-5-7-14(13)26-11-18(22)24/h4-7,10H,3,8-9,11H2,1-2H3,(H,20,23)(H,21,25). The summed E-state index contributed by atoms with van der Waals surface area (Å²) in [5.74, 6) is -0.301. The van der Waals surface area contributed by atoms with Crippen molar-refractivity contribution in [2.24, 2.45) is 0 Å². The topological polar surface area (TPSA) is 87.7 Å². The summed E-state index contributed by atoms with van der Waals surface area (Å²) < 4.78 is 5.37. The number of ether oxygens (including phenoxy) is 1. The van der Waals surface area contributed by atoms with Crippen molar-refractivity contribution in [3.8, 4) is 5.75 Å². The lowest BCUT2D eigenvalue weighted by atomic mass is 10.2. The minimum atomic E-state index is -0.371. The molecule has 1 aliphatic heterocycles. The molecular formula is C19H21N3O4S. The molecule has 0 atom stereocenters. The first kappa shape index (κ1) is 18.9. The van der Waals surface area contributed by atoms with Gasteiger partial charge in [0.1, 0.15) is 5.75 Å². The fourth-order valence-corrected chi connectivity index (χ4v) is 3.85. The SMILES string of the molecule is CCc1sc(C(=O)NNC(=O)CCN2C(=O)COc3ccccc32)cc1C. The monoisotopic (exact) mass is 387 g/mol. The molecule has 142 valence electrons. The molecule has 0 saturated carbocycles. The van der Waals surface area contributed by atoms with E-state index in [0.717, 1.165) is 16.9 Å². The van der Waals surface area contributed by atoms with Gasteiger partial charge in [-0.05, 0) is 37.1 Å². The molecule has 0 unspecified atom stereocenters. The van der Waals surface area contributed by atoms with Crippen molar-refractivity contribution in [2.75, 3.05) is 18.1 Å². The number of para-hydroxylation sites is 2. The molecule has 0 spiro atoms. The average Bonchev–Trinajstić information content (AvgIpc) is 3.06. The van der Waals surface area contributed by atoms with E-state index in [-0.39, 0.29) is 37.3 Å². The van der Waals surface area contributed by atoms with Crippen molar-refractivity contribution in [1.29, 1.82) is 0 Å². The van der Waals surface area contributed by atoms with Crippen molar-refractivity contribution < 1.29 is 19.1 Å². The lowest BCUT2D eigenvalue weighted by Crippen LogP contribution is -2.44. The van der Waals surface area contributed by atoms with Gasteiger partial charge in [-0.25, -0.2) is 0 Å². The molecule has 8 heteroatoms. The Kier molecular flexibility index (Phi) is 5.75. The van der Waals surface area contributed by atoms with Crippen molar-refractivity contribution >= 4 is 34.7 Å². The van der Waals surface area contributed by atoms with Gasteiger partial charge in [0.2, 0.25) is 5.91 Å². The van der Waals surface area contributed by atoms with Gasteiger partial charge in [-0.15, -0.1) is 11.3 Å². The molecule has 2 aromatic rings. The zero-order chi connectivity index (χ0) is 19.4. The van der Waals surface area contributed by atoms with E-state index in [2.05, 4.69) is 10.9 Å². The second-order valence-corrected chi connectivity index (χ2v) is 7.26. The van der Waals surface area contributed by atoms with Crippen molar-refractivity contribution in [1.82, 2.24) is 10.9 Å². The van der Waals surface area contributed by atoms with Crippen LogP contribution in [0.5, 0.6) is 5.75 Å². The molecule has 2 N–H and O–H groups in total. The third-order valence-corrected chi connectivity index (χ3v) is 5.63. The maximum absolute atomic E-state index is 12.2. The van der Waals surface area contributed by atoms with E-state index in [9.17, 15) is 14.4 Å². The van der Waals surface area contributed by atoms with Gasteiger partial charge in [0.25, 0.3) is 11.8 Å². The number of hydrazine groups is 1. The van der Waals surface area contributed by atoms with Gasteiger partial charge < -0.3 is 9.64 Å². The van der Waals surface area contributed by atoms with Crippen LogP contribution in [-0.4, -0.2) is 30.9 Å². The predicted molar refractivity (Wildman–Crippen MR) is 103 cm³/mol. The zero-order valence-corrected chi connectivity index (χ0v) is 16.0. The molecule has 1 aromatic carbocycles. The summed E-state index contributed by atoms with van der Waals surface area (Å²) in [5.41, 5.74) is 6.55. The van der Waals surface area contributed by atoms with Crippen molar-refractivity contribution in [3.63, 3.8) is 0 Å². The van der Waals surface area contributed by atoms with Crippen LogP contribution in [-0.2, 0) is 16.0 Å². The van der Waals surface area contributed by atoms with Gasteiger partial charge in [-0.1, -0.05) is 19.1 Å². The molecule has 27 heavy (non-hydrogen) atoms.